The zero-order valence-electron chi connectivity index (χ0n) is 5.86. The molecule has 0 saturated heterocycles. The maximum Gasteiger partial charge on any atom is 0.482 e. The van der Waals surface area contributed by atoms with E-state index in [4.69, 9.17) is 10.0 Å². The number of hydrogen-bond donors (Lipinski definition) is 2. The maximum atomic E-state index is 7.00. The molecule has 0 fully saturated rings. The molecule has 0 spiro atoms. The van der Waals surface area contributed by atoms with Crippen molar-refractivity contribution < 1.29 is 10.0 Å². The van der Waals surface area contributed by atoms with Gasteiger partial charge in [-0.3, -0.25) is 0 Å². The molecule has 3 heteroatoms. The molecular formula is C7H10BO2. The molecule has 0 aliphatic carbocycles. The zero-order chi connectivity index (χ0) is 7.82. The summed E-state index contributed by atoms with van der Waals surface area (Å²) in [7, 11) is 0. The van der Waals surface area contributed by atoms with Crippen molar-refractivity contribution in [1.82, 2.24) is 0 Å². The summed E-state index contributed by atoms with van der Waals surface area (Å²) < 4.78 is 0. The molecule has 0 heterocycles. The Balaban J connectivity index is 0.000000236. The second-order valence-corrected chi connectivity index (χ2v) is 1.77. The molecule has 1 rings (SSSR count). The van der Waals surface area contributed by atoms with Crippen molar-refractivity contribution in [1.29, 1.82) is 0 Å². The molecule has 0 bridgehead atoms. The highest BCUT2D eigenvalue weighted by Gasteiger charge is 1.72. The minimum Gasteiger partial charge on any atom is -0.429 e. The van der Waals surface area contributed by atoms with E-state index in [9.17, 15) is 0 Å². The number of hydrogen-bond acceptors (Lipinski definition) is 2. The van der Waals surface area contributed by atoms with E-state index in [0.29, 0.717) is 0 Å². The molecule has 0 unspecified atom stereocenters. The van der Waals surface area contributed by atoms with Crippen LogP contribution in [0.2, 0.25) is 0 Å². The lowest BCUT2D eigenvalue weighted by Gasteiger charge is -1.82. The van der Waals surface area contributed by atoms with Crippen LogP contribution >= 0.6 is 0 Å². The van der Waals surface area contributed by atoms with Crippen LogP contribution in [-0.2, 0) is 0 Å². The summed E-state index contributed by atoms with van der Waals surface area (Å²) in [5.41, 5.74) is 1.32. The molecule has 0 atom stereocenters. The van der Waals surface area contributed by atoms with Crippen molar-refractivity contribution in [2.24, 2.45) is 0 Å². The summed E-state index contributed by atoms with van der Waals surface area (Å²) in [6, 6.07) is 10.3. The Morgan fingerprint density at radius 2 is 1.50 bits per heavy atom. The Hall–Kier alpha value is -0.795. The van der Waals surface area contributed by atoms with Crippen molar-refractivity contribution >= 4 is 7.69 Å². The summed E-state index contributed by atoms with van der Waals surface area (Å²) in [5, 5.41) is 14.0. The van der Waals surface area contributed by atoms with E-state index in [1.165, 1.54) is 5.56 Å². The van der Waals surface area contributed by atoms with Crippen LogP contribution in [0.1, 0.15) is 5.56 Å². The van der Waals surface area contributed by atoms with Gasteiger partial charge in [-0.2, -0.15) is 0 Å². The predicted octanol–water partition coefficient (Wildman–Crippen LogP) is 0.500. The van der Waals surface area contributed by atoms with Gasteiger partial charge in [0, 0.05) is 0 Å². The van der Waals surface area contributed by atoms with E-state index >= 15 is 0 Å². The van der Waals surface area contributed by atoms with Crippen LogP contribution in [0.25, 0.3) is 0 Å². The summed E-state index contributed by atoms with van der Waals surface area (Å²) in [6.45, 7) is 2.08. The summed E-state index contributed by atoms with van der Waals surface area (Å²) >= 11 is 0. The van der Waals surface area contributed by atoms with Crippen LogP contribution in [0, 0.1) is 6.92 Å². The van der Waals surface area contributed by atoms with E-state index in [1.54, 1.807) is 0 Å². The third-order valence-corrected chi connectivity index (χ3v) is 0.940. The monoisotopic (exact) mass is 137 g/mol. The molecule has 0 aliphatic heterocycles. The van der Waals surface area contributed by atoms with Crippen LogP contribution < -0.4 is 0 Å². The topological polar surface area (TPSA) is 40.5 Å². The highest BCUT2D eigenvalue weighted by Crippen LogP contribution is 1.92. The fourth-order valence-corrected chi connectivity index (χ4v) is 0.534. The van der Waals surface area contributed by atoms with E-state index in [1.807, 2.05) is 18.2 Å². The first-order valence-electron chi connectivity index (χ1n) is 2.93. The quantitative estimate of drug-likeness (QED) is 0.511. The molecule has 1 aromatic carbocycles. The van der Waals surface area contributed by atoms with E-state index in [0.717, 1.165) is 0 Å². The first-order valence-corrected chi connectivity index (χ1v) is 2.93. The lowest BCUT2D eigenvalue weighted by molar-refractivity contribution is 0.448. The average molecular weight is 137 g/mol. The van der Waals surface area contributed by atoms with Crippen LogP contribution in [0.5, 0.6) is 0 Å². The van der Waals surface area contributed by atoms with Gasteiger partial charge in [0.25, 0.3) is 0 Å². The molecule has 53 valence electrons. The average Bonchev–Trinajstić information content (AvgIpc) is 1.91. The second kappa shape index (κ2) is 6.33. The molecular weight excluding hydrogens is 127 g/mol. The molecule has 0 aliphatic rings. The van der Waals surface area contributed by atoms with Gasteiger partial charge in [-0.25, -0.2) is 0 Å². The fraction of sp³-hybridized carbons (Fsp3) is 0.143. The molecule has 0 saturated carbocycles. The molecule has 2 N–H and O–H groups in total. The van der Waals surface area contributed by atoms with Crippen molar-refractivity contribution in [2.45, 2.75) is 6.92 Å². The van der Waals surface area contributed by atoms with Gasteiger partial charge in [0.15, 0.2) is 0 Å². The van der Waals surface area contributed by atoms with Crippen LogP contribution in [0.3, 0.4) is 0 Å². The third kappa shape index (κ3) is 5.34. The van der Waals surface area contributed by atoms with E-state index in [-0.39, 0.29) is 7.69 Å². The highest BCUT2D eigenvalue weighted by molar-refractivity contribution is 6.13. The third-order valence-electron chi connectivity index (χ3n) is 0.940. The Morgan fingerprint density at radius 3 is 1.70 bits per heavy atom. The van der Waals surface area contributed by atoms with Gasteiger partial charge < -0.3 is 10.0 Å². The first kappa shape index (κ1) is 9.20. The predicted molar refractivity (Wildman–Crippen MR) is 41.4 cm³/mol. The second-order valence-electron chi connectivity index (χ2n) is 1.77. The summed E-state index contributed by atoms with van der Waals surface area (Å²) in [6.07, 6.45) is 0. The number of rotatable bonds is 0. The highest BCUT2D eigenvalue weighted by atomic mass is 16.4. The lowest BCUT2D eigenvalue weighted by Crippen LogP contribution is -1.75. The Labute approximate surface area is 61.4 Å². The fourth-order valence-electron chi connectivity index (χ4n) is 0.534. The van der Waals surface area contributed by atoms with Crippen LogP contribution in [0.15, 0.2) is 30.3 Å². The Kier molecular flexibility index (Phi) is 5.82. The molecule has 0 amide bonds. The molecule has 0 aromatic heterocycles. The summed E-state index contributed by atoms with van der Waals surface area (Å²) in [4.78, 5) is 0. The van der Waals surface area contributed by atoms with Crippen LogP contribution in [0.4, 0.5) is 0 Å². The van der Waals surface area contributed by atoms with Crippen LogP contribution in [-0.4, -0.2) is 17.7 Å². The zero-order valence-corrected chi connectivity index (χ0v) is 5.86. The molecule has 1 radical (unpaired) electrons. The minimum absolute atomic E-state index is 0. The summed E-state index contributed by atoms with van der Waals surface area (Å²) in [5.74, 6) is 0. The molecule has 1 aromatic rings. The van der Waals surface area contributed by atoms with Gasteiger partial charge in [0.2, 0.25) is 0 Å². The van der Waals surface area contributed by atoms with Crippen molar-refractivity contribution in [3.63, 3.8) is 0 Å². The van der Waals surface area contributed by atoms with Crippen molar-refractivity contribution in [3.05, 3.63) is 35.9 Å². The first-order chi connectivity index (χ1) is 4.81. The van der Waals surface area contributed by atoms with Crippen molar-refractivity contribution in [3.8, 4) is 0 Å². The van der Waals surface area contributed by atoms with Crippen molar-refractivity contribution in [2.75, 3.05) is 0 Å². The smallest absolute Gasteiger partial charge is 0.429 e. The van der Waals surface area contributed by atoms with Gasteiger partial charge in [-0.15, -0.1) is 0 Å². The maximum absolute atomic E-state index is 7.00. The minimum atomic E-state index is 0. The molecule has 10 heavy (non-hydrogen) atoms. The van der Waals surface area contributed by atoms with Gasteiger partial charge in [0.1, 0.15) is 0 Å². The van der Waals surface area contributed by atoms with Gasteiger partial charge >= 0.3 is 7.69 Å². The Bertz CT molecular complexity index is 153. The largest absolute Gasteiger partial charge is 0.482 e. The van der Waals surface area contributed by atoms with Gasteiger partial charge in [-0.05, 0) is 6.92 Å². The van der Waals surface area contributed by atoms with Gasteiger partial charge in [-0.1, -0.05) is 35.9 Å². The number of aryl methyl sites for hydroxylation is 1. The van der Waals surface area contributed by atoms with E-state index < -0.39 is 0 Å². The molecule has 2 nitrogen and oxygen atoms in total. The normalized spacial score (nSPS) is 7.50. The standard InChI is InChI=1S/C7H8.BH2O2/c1-7-5-3-2-4-6-7;2-1-3/h2-6H,1H3;2-3H. The van der Waals surface area contributed by atoms with Gasteiger partial charge in [0.05, 0.1) is 0 Å². The Morgan fingerprint density at radius 1 is 1.10 bits per heavy atom. The van der Waals surface area contributed by atoms with E-state index in [2.05, 4.69) is 19.1 Å². The number of benzene rings is 1. The lowest BCUT2D eigenvalue weighted by atomic mass is 10.2. The SMILES string of the molecule is Cc1ccccc1.O[B]O.